The predicted molar refractivity (Wildman–Crippen MR) is 47.7 cm³/mol. The third kappa shape index (κ3) is 1.42. The lowest BCUT2D eigenvalue weighted by molar-refractivity contribution is 1.17. The van der Waals surface area contributed by atoms with Crippen LogP contribution in [0.5, 0.6) is 0 Å². The van der Waals surface area contributed by atoms with Crippen LogP contribution in [-0.4, -0.2) is 12.0 Å². The molecule has 0 bridgehead atoms. The molecule has 0 saturated carbocycles. The average Bonchev–Trinajstić information content (AvgIpc) is 1.96. The molecule has 1 rings (SSSR count). The molecule has 1 heterocycles. The Kier molecular flexibility index (Phi) is 1.98. The zero-order valence-corrected chi connectivity index (χ0v) is 7.10. The highest BCUT2D eigenvalue weighted by Gasteiger charge is 2.01. The SMILES string of the molecule is CNc1nc(C)cc(C)c1N. The number of hydrogen-bond acceptors (Lipinski definition) is 3. The molecule has 1 aromatic heterocycles. The normalized spacial score (nSPS) is 9.73. The average molecular weight is 151 g/mol. The van der Waals surface area contributed by atoms with E-state index < -0.39 is 0 Å². The van der Waals surface area contributed by atoms with Gasteiger partial charge in [0, 0.05) is 12.7 Å². The van der Waals surface area contributed by atoms with Crippen molar-refractivity contribution in [1.82, 2.24) is 4.98 Å². The Balaban J connectivity index is 3.24. The van der Waals surface area contributed by atoms with Crippen molar-refractivity contribution >= 4 is 11.5 Å². The zero-order valence-electron chi connectivity index (χ0n) is 7.10. The molecule has 3 heteroatoms. The van der Waals surface area contributed by atoms with Crippen molar-refractivity contribution in [1.29, 1.82) is 0 Å². The topological polar surface area (TPSA) is 50.9 Å². The molecule has 0 fully saturated rings. The van der Waals surface area contributed by atoms with Crippen molar-refractivity contribution in [2.75, 3.05) is 18.1 Å². The number of nitrogen functional groups attached to an aromatic ring is 1. The van der Waals surface area contributed by atoms with Gasteiger partial charge in [0.1, 0.15) is 5.82 Å². The Morgan fingerprint density at radius 3 is 2.64 bits per heavy atom. The van der Waals surface area contributed by atoms with Crippen molar-refractivity contribution < 1.29 is 0 Å². The second-order valence-electron chi connectivity index (χ2n) is 2.59. The molecule has 0 unspecified atom stereocenters. The molecule has 3 nitrogen and oxygen atoms in total. The summed E-state index contributed by atoms with van der Waals surface area (Å²) in [5.74, 6) is 0.766. The van der Waals surface area contributed by atoms with Gasteiger partial charge in [-0.1, -0.05) is 0 Å². The van der Waals surface area contributed by atoms with Crippen LogP contribution < -0.4 is 11.1 Å². The number of pyridine rings is 1. The molecule has 0 atom stereocenters. The van der Waals surface area contributed by atoms with E-state index >= 15 is 0 Å². The Labute approximate surface area is 66.6 Å². The number of nitrogens with zero attached hydrogens (tertiary/aromatic N) is 1. The van der Waals surface area contributed by atoms with Gasteiger partial charge in [-0.05, 0) is 25.5 Å². The molecule has 0 aliphatic rings. The van der Waals surface area contributed by atoms with Gasteiger partial charge in [-0.2, -0.15) is 0 Å². The third-order valence-corrected chi connectivity index (χ3v) is 1.63. The summed E-state index contributed by atoms with van der Waals surface area (Å²) in [6.07, 6.45) is 0. The number of rotatable bonds is 1. The first-order valence-corrected chi connectivity index (χ1v) is 3.56. The Hall–Kier alpha value is -1.25. The van der Waals surface area contributed by atoms with Gasteiger partial charge in [0.2, 0.25) is 0 Å². The number of aryl methyl sites for hydroxylation is 2. The fourth-order valence-corrected chi connectivity index (χ4v) is 1.04. The minimum Gasteiger partial charge on any atom is -0.396 e. The third-order valence-electron chi connectivity index (χ3n) is 1.63. The van der Waals surface area contributed by atoms with Crippen molar-refractivity contribution in [2.24, 2.45) is 0 Å². The number of aromatic nitrogens is 1. The molecule has 1 aromatic rings. The molecule has 60 valence electrons. The van der Waals surface area contributed by atoms with Crippen LogP contribution in [0.3, 0.4) is 0 Å². The fourth-order valence-electron chi connectivity index (χ4n) is 1.04. The number of nitrogens with one attached hydrogen (secondary N) is 1. The molecule has 11 heavy (non-hydrogen) atoms. The van der Waals surface area contributed by atoms with Gasteiger partial charge in [-0.3, -0.25) is 0 Å². The number of nitrogens with two attached hydrogens (primary N) is 1. The summed E-state index contributed by atoms with van der Waals surface area (Å²) in [5, 5.41) is 2.94. The second-order valence-corrected chi connectivity index (χ2v) is 2.59. The highest BCUT2D eigenvalue weighted by Crippen LogP contribution is 2.19. The molecule has 0 aliphatic carbocycles. The van der Waals surface area contributed by atoms with E-state index in [-0.39, 0.29) is 0 Å². The van der Waals surface area contributed by atoms with Crippen LogP contribution >= 0.6 is 0 Å². The lowest BCUT2D eigenvalue weighted by Gasteiger charge is -2.07. The number of hydrogen-bond donors (Lipinski definition) is 2. The van der Waals surface area contributed by atoms with Gasteiger partial charge in [-0.25, -0.2) is 4.98 Å². The van der Waals surface area contributed by atoms with Gasteiger partial charge < -0.3 is 11.1 Å². The zero-order chi connectivity index (χ0) is 8.43. The van der Waals surface area contributed by atoms with Crippen molar-refractivity contribution in [3.8, 4) is 0 Å². The minimum absolute atomic E-state index is 0.734. The molecular weight excluding hydrogens is 138 g/mol. The molecule has 0 spiro atoms. The van der Waals surface area contributed by atoms with Crippen molar-refractivity contribution in [3.05, 3.63) is 17.3 Å². The predicted octanol–water partition coefficient (Wildman–Crippen LogP) is 1.32. The smallest absolute Gasteiger partial charge is 0.149 e. The highest BCUT2D eigenvalue weighted by molar-refractivity contribution is 5.65. The van der Waals surface area contributed by atoms with Crippen molar-refractivity contribution in [2.45, 2.75) is 13.8 Å². The fraction of sp³-hybridized carbons (Fsp3) is 0.375. The standard InChI is InChI=1S/C8H13N3/c1-5-4-6(2)11-8(10-3)7(5)9/h4H,9H2,1-3H3,(H,10,11). The van der Waals surface area contributed by atoms with Crippen LogP contribution in [0.2, 0.25) is 0 Å². The molecule has 0 saturated heterocycles. The van der Waals surface area contributed by atoms with Crippen LogP contribution in [-0.2, 0) is 0 Å². The lowest BCUT2D eigenvalue weighted by atomic mass is 10.2. The maximum absolute atomic E-state index is 5.74. The second kappa shape index (κ2) is 2.78. The van der Waals surface area contributed by atoms with Crippen LogP contribution in [0.15, 0.2) is 6.07 Å². The van der Waals surface area contributed by atoms with Crippen LogP contribution in [0, 0.1) is 13.8 Å². The summed E-state index contributed by atoms with van der Waals surface area (Å²) in [7, 11) is 1.82. The molecule has 0 aromatic carbocycles. The molecule has 0 radical (unpaired) electrons. The lowest BCUT2D eigenvalue weighted by Crippen LogP contribution is -2.01. The highest BCUT2D eigenvalue weighted by atomic mass is 15.0. The van der Waals surface area contributed by atoms with E-state index in [0.29, 0.717) is 0 Å². The summed E-state index contributed by atoms with van der Waals surface area (Å²) < 4.78 is 0. The van der Waals surface area contributed by atoms with E-state index in [2.05, 4.69) is 10.3 Å². The van der Waals surface area contributed by atoms with Crippen molar-refractivity contribution in [3.63, 3.8) is 0 Å². The van der Waals surface area contributed by atoms with Gasteiger partial charge in [0.05, 0.1) is 5.69 Å². The molecular formula is C8H13N3. The van der Waals surface area contributed by atoms with Crippen LogP contribution in [0.25, 0.3) is 0 Å². The Morgan fingerprint density at radius 2 is 2.09 bits per heavy atom. The first-order valence-electron chi connectivity index (χ1n) is 3.56. The maximum atomic E-state index is 5.74. The quantitative estimate of drug-likeness (QED) is 0.636. The Morgan fingerprint density at radius 1 is 1.45 bits per heavy atom. The van der Waals surface area contributed by atoms with Crippen LogP contribution in [0.1, 0.15) is 11.3 Å². The summed E-state index contributed by atoms with van der Waals surface area (Å²) >= 11 is 0. The van der Waals surface area contributed by atoms with E-state index in [4.69, 9.17) is 5.73 Å². The molecule has 0 aliphatic heterocycles. The van der Waals surface area contributed by atoms with Gasteiger partial charge in [0.25, 0.3) is 0 Å². The molecule has 0 amide bonds. The first kappa shape index (κ1) is 7.85. The Bertz CT molecular complexity index is 268. The van der Waals surface area contributed by atoms with E-state index in [1.807, 2.05) is 27.0 Å². The minimum atomic E-state index is 0.734. The summed E-state index contributed by atoms with van der Waals surface area (Å²) in [4.78, 5) is 4.22. The van der Waals surface area contributed by atoms with Gasteiger partial charge in [0.15, 0.2) is 0 Å². The van der Waals surface area contributed by atoms with E-state index in [9.17, 15) is 0 Å². The van der Waals surface area contributed by atoms with Gasteiger partial charge >= 0.3 is 0 Å². The number of anilines is 2. The van der Waals surface area contributed by atoms with E-state index in [1.165, 1.54) is 0 Å². The molecule has 3 N–H and O–H groups in total. The monoisotopic (exact) mass is 151 g/mol. The van der Waals surface area contributed by atoms with Crippen LogP contribution in [0.4, 0.5) is 11.5 Å². The summed E-state index contributed by atoms with van der Waals surface area (Å²) in [6.45, 7) is 3.93. The largest absolute Gasteiger partial charge is 0.396 e. The van der Waals surface area contributed by atoms with E-state index in [1.54, 1.807) is 0 Å². The first-order chi connectivity index (χ1) is 5.15. The maximum Gasteiger partial charge on any atom is 0.149 e. The summed E-state index contributed by atoms with van der Waals surface area (Å²) in [6, 6.07) is 1.97. The summed E-state index contributed by atoms with van der Waals surface area (Å²) in [5.41, 5.74) is 8.53. The van der Waals surface area contributed by atoms with Gasteiger partial charge in [-0.15, -0.1) is 0 Å². The van der Waals surface area contributed by atoms with E-state index in [0.717, 1.165) is 22.8 Å².